The van der Waals surface area contributed by atoms with Crippen LogP contribution in [0.1, 0.15) is 0 Å². The average molecular weight is 293 g/mol. The molecule has 0 aromatic heterocycles. The number of carbonyl (C=O) groups is 1. The van der Waals surface area contributed by atoms with Gasteiger partial charge in [-0.15, -0.1) is 0 Å². The lowest BCUT2D eigenvalue weighted by molar-refractivity contribution is -0.118. The second-order valence-electron chi connectivity index (χ2n) is 2.99. The van der Waals surface area contributed by atoms with Gasteiger partial charge in [-0.1, -0.05) is 17.7 Å². The Morgan fingerprint density at radius 1 is 1.60 bits per heavy atom. The van der Waals surface area contributed by atoms with E-state index in [1.807, 2.05) is 6.07 Å². The van der Waals surface area contributed by atoms with Crippen LogP contribution < -0.4 is 16.8 Å². The van der Waals surface area contributed by atoms with E-state index in [0.717, 1.165) is 10.2 Å². The van der Waals surface area contributed by atoms with Crippen LogP contribution in [0.5, 0.6) is 0 Å². The molecule has 0 fully saturated rings. The molecule has 0 bridgehead atoms. The molecule has 1 unspecified atom stereocenters. The van der Waals surface area contributed by atoms with Crippen LogP contribution in [0, 0.1) is 0 Å². The molecule has 0 heterocycles. The zero-order valence-electron chi connectivity index (χ0n) is 7.84. The molecule has 5 N–H and O–H groups in total. The van der Waals surface area contributed by atoms with E-state index in [9.17, 15) is 4.79 Å². The van der Waals surface area contributed by atoms with Crippen LogP contribution in [-0.2, 0) is 4.79 Å². The number of nitrogens with two attached hydrogens (primary N) is 2. The van der Waals surface area contributed by atoms with Crippen LogP contribution in [0.3, 0.4) is 0 Å². The van der Waals surface area contributed by atoms with E-state index in [2.05, 4.69) is 21.2 Å². The lowest BCUT2D eigenvalue weighted by Gasteiger charge is -2.12. The summed E-state index contributed by atoms with van der Waals surface area (Å²) in [5.74, 6) is -0.541. The van der Waals surface area contributed by atoms with Gasteiger partial charge in [-0.05, 0) is 28.1 Å². The van der Waals surface area contributed by atoms with Gasteiger partial charge in [0.1, 0.15) is 6.04 Å². The predicted molar refractivity (Wildman–Crippen MR) is 64.8 cm³/mol. The monoisotopic (exact) mass is 291 g/mol. The van der Waals surface area contributed by atoms with Crippen molar-refractivity contribution < 1.29 is 4.79 Å². The molecule has 0 aliphatic rings. The average Bonchev–Trinajstić information content (AvgIpc) is 2.19. The summed E-state index contributed by atoms with van der Waals surface area (Å²) in [5, 5.41) is 3.57. The SMILES string of the molecule is NC(=O)C(N)CNc1cccc(Cl)c1Br. The zero-order valence-corrected chi connectivity index (χ0v) is 10.2. The maximum atomic E-state index is 10.7. The van der Waals surface area contributed by atoms with Gasteiger partial charge in [0.2, 0.25) is 5.91 Å². The lowest BCUT2D eigenvalue weighted by Crippen LogP contribution is -2.41. The highest BCUT2D eigenvalue weighted by Crippen LogP contribution is 2.29. The van der Waals surface area contributed by atoms with Crippen molar-refractivity contribution in [3.8, 4) is 0 Å². The summed E-state index contributed by atoms with van der Waals surface area (Å²) in [6.07, 6.45) is 0. The van der Waals surface area contributed by atoms with Crippen LogP contribution in [0.15, 0.2) is 22.7 Å². The van der Waals surface area contributed by atoms with E-state index in [4.69, 9.17) is 23.1 Å². The smallest absolute Gasteiger partial charge is 0.236 e. The molecule has 0 aliphatic carbocycles. The Labute approximate surface area is 101 Å². The van der Waals surface area contributed by atoms with Gasteiger partial charge < -0.3 is 16.8 Å². The Bertz CT molecular complexity index is 372. The van der Waals surface area contributed by atoms with Gasteiger partial charge in [0.15, 0.2) is 0 Å². The summed E-state index contributed by atoms with van der Waals surface area (Å²) >= 11 is 9.20. The Hall–Kier alpha value is -0.780. The molecule has 82 valence electrons. The minimum atomic E-state index is -0.712. The standard InChI is InChI=1S/C9H11BrClN3O/c10-8-5(11)2-1-3-7(8)14-4-6(12)9(13)15/h1-3,6,14H,4,12H2,(H2,13,15). The molecular formula is C9H11BrClN3O. The quantitative estimate of drug-likeness (QED) is 0.783. The first-order valence-electron chi connectivity index (χ1n) is 4.25. The molecule has 1 amide bonds. The van der Waals surface area contributed by atoms with Crippen LogP contribution in [0.4, 0.5) is 5.69 Å². The van der Waals surface area contributed by atoms with Crippen LogP contribution in [0.25, 0.3) is 0 Å². The molecule has 0 saturated carbocycles. The molecule has 0 radical (unpaired) electrons. The molecule has 1 aromatic rings. The van der Waals surface area contributed by atoms with E-state index in [1.165, 1.54) is 0 Å². The third kappa shape index (κ3) is 3.37. The van der Waals surface area contributed by atoms with E-state index < -0.39 is 11.9 Å². The summed E-state index contributed by atoms with van der Waals surface area (Å²) in [4.78, 5) is 10.7. The Morgan fingerprint density at radius 2 is 2.27 bits per heavy atom. The first-order chi connectivity index (χ1) is 7.02. The second kappa shape index (κ2) is 5.34. The number of anilines is 1. The molecule has 0 spiro atoms. The van der Waals surface area contributed by atoms with Crippen LogP contribution >= 0.6 is 27.5 Å². The number of hydrogen-bond donors (Lipinski definition) is 3. The van der Waals surface area contributed by atoms with Gasteiger partial charge >= 0.3 is 0 Å². The lowest BCUT2D eigenvalue weighted by atomic mass is 10.2. The highest BCUT2D eigenvalue weighted by molar-refractivity contribution is 9.10. The zero-order chi connectivity index (χ0) is 11.4. The fourth-order valence-corrected chi connectivity index (χ4v) is 1.54. The van der Waals surface area contributed by atoms with Gasteiger partial charge in [0.05, 0.1) is 15.2 Å². The molecule has 6 heteroatoms. The van der Waals surface area contributed by atoms with Gasteiger partial charge in [0, 0.05) is 6.54 Å². The molecule has 4 nitrogen and oxygen atoms in total. The normalized spacial score (nSPS) is 12.2. The van der Waals surface area contributed by atoms with E-state index in [1.54, 1.807) is 12.1 Å². The number of rotatable bonds is 4. The topological polar surface area (TPSA) is 81.1 Å². The Morgan fingerprint density at radius 3 is 2.87 bits per heavy atom. The summed E-state index contributed by atoms with van der Waals surface area (Å²) in [6, 6.07) is 4.66. The molecular weight excluding hydrogens is 281 g/mol. The number of primary amides is 1. The minimum Gasteiger partial charge on any atom is -0.382 e. The van der Waals surface area contributed by atoms with Crippen molar-refractivity contribution in [1.29, 1.82) is 0 Å². The van der Waals surface area contributed by atoms with E-state index >= 15 is 0 Å². The first kappa shape index (κ1) is 12.3. The second-order valence-corrected chi connectivity index (χ2v) is 4.19. The summed E-state index contributed by atoms with van der Waals surface area (Å²) in [6.45, 7) is 0.272. The number of nitrogens with one attached hydrogen (secondary N) is 1. The van der Waals surface area contributed by atoms with Gasteiger partial charge in [-0.3, -0.25) is 4.79 Å². The highest BCUT2D eigenvalue weighted by atomic mass is 79.9. The molecule has 1 atom stereocenters. The fraction of sp³-hybridized carbons (Fsp3) is 0.222. The van der Waals surface area contributed by atoms with Crippen molar-refractivity contribution in [2.24, 2.45) is 11.5 Å². The van der Waals surface area contributed by atoms with Crippen molar-refractivity contribution in [3.63, 3.8) is 0 Å². The number of halogens is 2. The molecule has 0 saturated heterocycles. The first-order valence-corrected chi connectivity index (χ1v) is 5.42. The predicted octanol–water partition coefficient (Wildman–Crippen LogP) is 1.33. The number of hydrogen-bond acceptors (Lipinski definition) is 3. The van der Waals surface area contributed by atoms with Crippen LogP contribution in [-0.4, -0.2) is 18.5 Å². The van der Waals surface area contributed by atoms with Crippen molar-refractivity contribution in [1.82, 2.24) is 0 Å². The summed E-state index contributed by atoms with van der Waals surface area (Å²) in [5.41, 5.74) is 11.3. The largest absolute Gasteiger partial charge is 0.382 e. The van der Waals surface area contributed by atoms with E-state index in [-0.39, 0.29) is 6.54 Å². The van der Waals surface area contributed by atoms with Gasteiger partial charge in [-0.25, -0.2) is 0 Å². The third-order valence-electron chi connectivity index (χ3n) is 1.83. The summed E-state index contributed by atoms with van der Waals surface area (Å²) < 4.78 is 0.739. The molecule has 15 heavy (non-hydrogen) atoms. The Kier molecular flexibility index (Phi) is 4.38. The van der Waals surface area contributed by atoms with Gasteiger partial charge in [0.25, 0.3) is 0 Å². The minimum absolute atomic E-state index is 0.272. The number of carbonyl (C=O) groups excluding carboxylic acids is 1. The van der Waals surface area contributed by atoms with Crippen LogP contribution in [0.2, 0.25) is 5.02 Å². The highest BCUT2D eigenvalue weighted by Gasteiger charge is 2.10. The molecule has 1 aromatic carbocycles. The fourth-order valence-electron chi connectivity index (χ4n) is 0.961. The van der Waals surface area contributed by atoms with Crippen molar-refractivity contribution in [3.05, 3.63) is 27.7 Å². The van der Waals surface area contributed by atoms with Crippen molar-refractivity contribution >= 4 is 39.1 Å². The Balaban J connectivity index is 2.66. The molecule has 1 rings (SSSR count). The van der Waals surface area contributed by atoms with Crippen molar-refractivity contribution in [2.45, 2.75) is 6.04 Å². The number of amides is 1. The third-order valence-corrected chi connectivity index (χ3v) is 3.23. The maximum absolute atomic E-state index is 10.7. The van der Waals surface area contributed by atoms with E-state index in [0.29, 0.717) is 5.02 Å². The summed E-state index contributed by atoms with van der Waals surface area (Å²) in [7, 11) is 0. The van der Waals surface area contributed by atoms with Gasteiger partial charge in [-0.2, -0.15) is 0 Å². The molecule has 0 aliphatic heterocycles. The van der Waals surface area contributed by atoms with Crippen molar-refractivity contribution in [2.75, 3.05) is 11.9 Å². The number of benzene rings is 1. The maximum Gasteiger partial charge on any atom is 0.236 e.